The summed E-state index contributed by atoms with van der Waals surface area (Å²) in [6.07, 6.45) is 0. The van der Waals surface area contributed by atoms with Crippen LogP contribution in [0, 0.1) is 13.8 Å². The Bertz CT molecular complexity index is 443. The molecule has 4 nitrogen and oxygen atoms in total. The lowest BCUT2D eigenvalue weighted by Crippen LogP contribution is -2.37. The van der Waals surface area contributed by atoms with Crippen molar-refractivity contribution in [2.45, 2.75) is 18.7 Å². The Labute approximate surface area is 131 Å². The maximum atomic E-state index is 12.3. The van der Waals surface area contributed by atoms with E-state index in [1.807, 2.05) is 0 Å². The third-order valence-electron chi connectivity index (χ3n) is 3.16. The molecule has 0 aliphatic rings. The third-order valence-corrected chi connectivity index (χ3v) is 4.33. The van der Waals surface area contributed by atoms with Crippen molar-refractivity contribution in [3.8, 4) is 0 Å². The van der Waals surface area contributed by atoms with Gasteiger partial charge in [-0.1, -0.05) is 17.7 Å². The van der Waals surface area contributed by atoms with Crippen LogP contribution in [-0.2, 0) is 14.3 Å². The van der Waals surface area contributed by atoms with E-state index >= 15 is 0 Å². The predicted octanol–water partition coefficient (Wildman–Crippen LogP) is 2.52. The van der Waals surface area contributed by atoms with Gasteiger partial charge < -0.3 is 14.4 Å². The molecule has 1 aromatic carbocycles. The minimum atomic E-state index is 0.120. The third kappa shape index (κ3) is 6.50. The number of hydrogen-bond acceptors (Lipinski definition) is 4. The van der Waals surface area contributed by atoms with Gasteiger partial charge in [-0.05, 0) is 25.5 Å². The zero-order chi connectivity index (χ0) is 15.7. The van der Waals surface area contributed by atoms with Gasteiger partial charge in [0.25, 0.3) is 0 Å². The Hall–Kier alpha value is -1.04. The number of hydrogen-bond donors (Lipinski definition) is 0. The maximum Gasteiger partial charge on any atom is 0.233 e. The van der Waals surface area contributed by atoms with Gasteiger partial charge in [-0.3, -0.25) is 4.79 Å². The number of aryl methyl sites for hydroxylation is 2. The molecule has 0 fully saturated rings. The highest BCUT2D eigenvalue weighted by atomic mass is 32.2. The summed E-state index contributed by atoms with van der Waals surface area (Å²) >= 11 is 1.59. The standard InChI is InChI=1S/C16H25NO3S/c1-13-5-6-15(14(2)11-13)21-12-16(18)17(7-9-19-3)8-10-20-4/h5-6,11H,7-10,12H2,1-4H3. The molecular weight excluding hydrogens is 286 g/mol. The van der Waals surface area contributed by atoms with Gasteiger partial charge in [0, 0.05) is 32.2 Å². The second-order valence-electron chi connectivity index (χ2n) is 4.92. The van der Waals surface area contributed by atoms with E-state index in [4.69, 9.17) is 9.47 Å². The van der Waals surface area contributed by atoms with E-state index in [-0.39, 0.29) is 5.91 Å². The quantitative estimate of drug-likeness (QED) is 0.657. The summed E-state index contributed by atoms with van der Waals surface area (Å²) in [5.41, 5.74) is 2.46. The maximum absolute atomic E-state index is 12.3. The molecule has 1 rings (SSSR count). The summed E-state index contributed by atoms with van der Waals surface area (Å²) in [5, 5.41) is 0. The van der Waals surface area contributed by atoms with E-state index in [9.17, 15) is 4.79 Å². The number of carbonyl (C=O) groups is 1. The highest BCUT2D eigenvalue weighted by molar-refractivity contribution is 8.00. The fourth-order valence-corrected chi connectivity index (χ4v) is 2.87. The van der Waals surface area contributed by atoms with Gasteiger partial charge >= 0.3 is 0 Å². The van der Waals surface area contributed by atoms with Gasteiger partial charge in [-0.2, -0.15) is 0 Å². The highest BCUT2D eigenvalue weighted by Crippen LogP contribution is 2.23. The molecule has 5 heteroatoms. The average Bonchev–Trinajstić information content (AvgIpc) is 2.46. The van der Waals surface area contributed by atoms with Crippen LogP contribution in [-0.4, -0.2) is 57.1 Å². The Morgan fingerprint density at radius 3 is 2.29 bits per heavy atom. The molecule has 118 valence electrons. The van der Waals surface area contributed by atoms with Crippen LogP contribution in [0.5, 0.6) is 0 Å². The first-order valence-corrected chi connectivity index (χ1v) is 8.02. The Balaban J connectivity index is 2.55. The van der Waals surface area contributed by atoms with Crippen molar-refractivity contribution in [2.75, 3.05) is 46.3 Å². The van der Waals surface area contributed by atoms with Crippen molar-refractivity contribution in [2.24, 2.45) is 0 Å². The van der Waals surface area contributed by atoms with Gasteiger partial charge in [0.15, 0.2) is 0 Å². The molecule has 0 unspecified atom stereocenters. The topological polar surface area (TPSA) is 38.8 Å². The molecule has 0 aromatic heterocycles. The Kier molecular flexibility index (Phi) is 8.42. The smallest absolute Gasteiger partial charge is 0.233 e. The first-order valence-electron chi connectivity index (χ1n) is 7.04. The molecular formula is C16H25NO3S. The lowest BCUT2D eigenvalue weighted by atomic mass is 10.2. The van der Waals surface area contributed by atoms with Gasteiger partial charge in [0.05, 0.1) is 19.0 Å². The largest absolute Gasteiger partial charge is 0.383 e. The predicted molar refractivity (Wildman–Crippen MR) is 87.0 cm³/mol. The van der Waals surface area contributed by atoms with Gasteiger partial charge in [0.2, 0.25) is 5.91 Å². The zero-order valence-corrected chi connectivity index (χ0v) is 14.2. The Morgan fingerprint density at radius 1 is 1.14 bits per heavy atom. The second kappa shape index (κ2) is 9.82. The summed E-state index contributed by atoms with van der Waals surface area (Å²) < 4.78 is 10.1. The van der Waals surface area contributed by atoms with Crippen molar-refractivity contribution in [3.05, 3.63) is 29.3 Å². The van der Waals surface area contributed by atoms with E-state index in [0.717, 1.165) is 4.90 Å². The molecule has 1 aromatic rings. The first kappa shape index (κ1) is 18.0. The van der Waals surface area contributed by atoms with Crippen LogP contribution in [0.25, 0.3) is 0 Å². The van der Waals surface area contributed by atoms with Crippen LogP contribution >= 0.6 is 11.8 Å². The molecule has 0 aliphatic carbocycles. The van der Waals surface area contributed by atoms with E-state index in [2.05, 4.69) is 32.0 Å². The van der Waals surface area contributed by atoms with Gasteiger partial charge in [0.1, 0.15) is 0 Å². The molecule has 0 N–H and O–H groups in total. The number of carbonyl (C=O) groups excluding carboxylic acids is 1. The van der Waals surface area contributed by atoms with E-state index in [1.165, 1.54) is 11.1 Å². The van der Waals surface area contributed by atoms with Crippen LogP contribution in [0.1, 0.15) is 11.1 Å². The molecule has 0 aliphatic heterocycles. The molecule has 1 amide bonds. The van der Waals surface area contributed by atoms with Crippen LogP contribution < -0.4 is 0 Å². The van der Waals surface area contributed by atoms with Gasteiger partial charge in [-0.15, -0.1) is 11.8 Å². The average molecular weight is 311 g/mol. The number of methoxy groups -OCH3 is 2. The number of amides is 1. The van der Waals surface area contributed by atoms with Crippen molar-refractivity contribution in [1.82, 2.24) is 4.90 Å². The highest BCUT2D eigenvalue weighted by Gasteiger charge is 2.13. The SMILES string of the molecule is COCCN(CCOC)C(=O)CSc1ccc(C)cc1C. The Morgan fingerprint density at radius 2 is 1.76 bits per heavy atom. The molecule has 21 heavy (non-hydrogen) atoms. The molecule has 0 saturated carbocycles. The normalized spacial score (nSPS) is 10.7. The number of rotatable bonds is 9. The van der Waals surface area contributed by atoms with Crippen LogP contribution in [0.2, 0.25) is 0 Å². The minimum absolute atomic E-state index is 0.120. The van der Waals surface area contributed by atoms with Crippen molar-refractivity contribution < 1.29 is 14.3 Å². The minimum Gasteiger partial charge on any atom is -0.383 e. The number of nitrogens with zero attached hydrogens (tertiary/aromatic N) is 1. The molecule has 0 bridgehead atoms. The van der Waals surface area contributed by atoms with E-state index in [1.54, 1.807) is 30.9 Å². The molecule has 0 atom stereocenters. The van der Waals surface area contributed by atoms with E-state index in [0.29, 0.717) is 32.1 Å². The summed E-state index contributed by atoms with van der Waals surface area (Å²) in [6, 6.07) is 6.30. The number of benzene rings is 1. The fraction of sp³-hybridized carbons (Fsp3) is 0.562. The monoisotopic (exact) mass is 311 g/mol. The molecule has 0 saturated heterocycles. The lowest BCUT2D eigenvalue weighted by Gasteiger charge is -2.22. The summed E-state index contributed by atoms with van der Waals surface area (Å²) in [7, 11) is 3.28. The number of thioether (sulfide) groups is 1. The van der Waals surface area contributed by atoms with Crippen LogP contribution in [0.15, 0.2) is 23.1 Å². The number of ether oxygens (including phenoxy) is 2. The zero-order valence-electron chi connectivity index (χ0n) is 13.3. The van der Waals surface area contributed by atoms with Crippen LogP contribution in [0.4, 0.5) is 0 Å². The van der Waals surface area contributed by atoms with Gasteiger partial charge in [-0.25, -0.2) is 0 Å². The van der Waals surface area contributed by atoms with Crippen molar-refractivity contribution >= 4 is 17.7 Å². The summed E-state index contributed by atoms with van der Waals surface area (Å²) in [4.78, 5) is 15.3. The summed E-state index contributed by atoms with van der Waals surface area (Å²) in [5.74, 6) is 0.561. The van der Waals surface area contributed by atoms with E-state index < -0.39 is 0 Å². The van der Waals surface area contributed by atoms with Crippen molar-refractivity contribution in [3.63, 3.8) is 0 Å². The second-order valence-corrected chi connectivity index (χ2v) is 5.94. The van der Waals surface area contributed by atoms with Crippen LogP contribution in [0.3, 0.4) is 0 Å². The molecule has 0 spiro atoms. The molecule has 0 radical (unpaired) electrons. The lowest BCUT2D eigenvalue weighted by molar-refractivity contribution is -0.129. The fourth-order valence-electron chi connectivity index (χ4n) is 1.96. The van der Waals surface area contributed by atoms with Crippen molar-refractivity contribution in [1.29, 1.82) is 0 Å². The molecule has 0 heterocycles. The first-order chi connectivity index (χ1) is 10.1. The summed E-state index contributed by atoms with van der Waals surface area (Å²) in [6.45, 7) is 6.45.